The average molecular weight is 264 g/mol. The summed E-state index contributed by atoms with van der Waals surface area (Å²) < 4.78 is 10.9. The Morgan fingerprint density at radius 1 is 1.16 bits per heavy atom. The summed E-state index contributed by atoms with van der Waals surface area (Å²) in [5.41, 5.74) is 0.0786. The van der Waals surface area contributed by atoms with Gasteiger partial charge in [0.1, 0.15) is 11.4 Å². The first-order chi connectivity index (χ1) is 8.78. The van der Waals surface area contributed by atoms with Crippen LogP contribution in [0.5, 0.6) is 5.75 Å². The van der Waals surface area contributed by atoms with E-state index >= 15 is 0 Å². The van der Waals surface area contributed by atoms with Gasteiger partial charge in [-0.2, -0.15) is 0 Å². The Hall–Kier alpha value is -1.51. The van der Waals surface area contributed by atoms with Gasteiger partial charge in [-0.3, -0.25) is 0 Å². The van der Waals surface area contributed by atoms with E-state index in [2.05, 4.69) is 13.8 Å². The molecule has 0 unspecified atom stereocenters. The van der Waals surface area contributed by atoms with Crippen LogP contribution in [0.3, 0.4) is 0 Å². The number of carbonyl (C=O) groups is 1. The molecule has 0 N–H and O–H groups in total. The molecular formula is C16H24O3. The number of hydrogen-bond acceptors (Lipinski definition) is 3. The standard InChI is InChI=1S/C16H24O3/c1-12(2)10-11-18-14-8-6-13(7-9-14)15(17)19-16(3,4)5/h6-9,12H,10-11H2,1-5H3. The van der Waals surface area contributed by atoms with Crippen molar-refractivity contribution in [3.63, 3.8) is 0 Å². The van der Waals surface area contributed by atoms with E-state index in [9.17, 15) is 4.79 Å². The van der Waals surface area contributed by atoms with Crippen molar-refractivity contribution in [2.45, 2.75) is 46.6 Å². The van der Waals surface area contributed by atoms with Crippen molar-refractivity contribution in [1.82, 2.24) is 0 Å². The van der Waals surface area contributed by atoms with Gasteiger partial charge in [0.05, 0.1) is 12.2 Å². The van der Waals surface area contributed by atoms with E-state index in [0.29, 0.717) is 18.1 Å². The molecule has 0 saturated heterocycles. The SMILES string of the molecule is CC(C)CCOc1ccc(C(=O)OC(C)(C)C)cc1. The zero-order valence-corrected chi connectivity index (χ0v) is 12.5. The summed E-state index contributed by atoms with van der Waals surface area (Å²) >= 11 is 0. The summed E-state index contributed by atoms with van der Waals surface area (Å²) in [7, 11) is 0. The molecule has 0 bridgehead atoms. The van der Waals surface area contributed by atoms with Gasteiger partial charge in [0.2, 0.25) is 0 Å². The molecule has 0 aliphatic rings. The maximum Gasteiger partial charge on any atom is 0.338 e. The van der Waals surface area contributed by atoms with Gasteiger partial charge in [0, 0.05) is 0 Å². The first kappa shape index (κ1) is 15.5. The zero-order chi connectivity index (χ0) is 14.5. The van der Waals surface area contributed by atoms with E-state index < -0.39 is 5.60 Å². The van der Waals surface area contributed by atoms with Crippen molar-refractivity contribution < 1.29 is 14.3 Å². The third kappa shape index (κ3) is 6.27. The van der Waals surface area contributed by atoms with E-state index in [1.54, 1.807) is 24.3 Å². The normalized spacial score (nSPS) is 11.5. The minimum atomic E-state index is -0.469. The maximum atomic E-state index is 11.8. The van der Waals surface area contributed by atoms with Crippen molar-refractivity contribution in [1.29, 1.82) is 0 Å². The fraction of sp³-hybridized carbons (Fsp3) is 0.562. The minimum Gasteiger partial charge on any atom is -0.494 e. The highest BCUT2D eigenvalue weighted by atomic mass is 16.6. The van der Waals surface area contributed by atoms with Crippen LogP contribution in [-0.4, -0.2) is 18.2 Å². The quantitative estimate of drug-likeness (QED) is 0.752. The predicted octanol–water partition coefficient (Wildman–Crippen LogP) is 4.07. The molecule has 0 spiro atoms. The molecule has 3 heteroatoms. The molecule has 1 aromatic rings. The Labute approximate surface area is 115 Å². The highest BCUT2D eigenvalue weighted by Gasteiger charge is 2.17. The van der Waals surface area contributed by atoms with Gasteiger partial charge in [-0.25, -0.2) is 4.79 Å². The Morgan fingerprint density at radius 3 is 2.21 bits per heavy atom. The molecule has 3 nitrogen and oxygen atoms in total. The van der Waals surface area contributed by atoms with Crippen molar-refractivity contribution in [3.8, 4) is 5.75 Å². The van der Waals surface area contributed by atoms with Crippen LogP contribution in [-0.2, 0) is 4.74 Å². The lowest BCUT2D eigenvalue weighted by molar-refractivity contribution is 0.00695. The van der Waals surface area contributed by atoms with Gasteiger partial charge in [0.25, 0.3) is 0 Å². The van der Waals surface area contributed by atoms with E-state index in [1.807, 2.05) is 20.8 Å². The molecule has 1 aromatic carbocycles. The molecule has 0 aliphatic carbocycles. The third-order valence-corrected chi connectivity index (χ3v) is 2.45. The molecule has 0 aliphatic heterocycles. The van der Waals surface area contributed by atoms with E-state index in [4.69, 9.17) is 9.47 Å². The number of ether oxygens (including phenoxy) is 2. The van der Waals surface area contributed by atoms with Crippen LogP contribution in [0, 0.1) is 5.92 Å². The summed E-state index contributed by atoms with van der Waals surface area (Å²) in [5, 5.41) is 0. The van der Waals surface area contributed by atoms with E-state index in [1.165, 1.54) is 0 Å². The second-order valence-corrected chi connectivity index (χ2v) is 6.06. The van der Waals surface area contributed by atoms with Gasteiger partial charge < -0.3 is 9.47 Å². The lowest BCUT2D eigenvalue weighted by Gasteiger charge is -2.19. The van der Waals surface area contributed by atoms with Crippen LogP contribution in [0.25, 0.3) is 0 Å². The van der Waals surface area contributed by atoms with Crippen molar-refractivity contribution in [2.75, 3.05) is 6.61 Å². The van der Waals surface area contributed by atoms with Crippen LogP contribution < -0.4 is 4.74 Å². The molecule has 0 atom stereocenters. The zero-order valence-electron chi connectivity index (χ0n) is 12.5. The molecule has 106 valence electrons. The topological polar surface area (TPSA) is 35.5 Å². The molecule has 0 saturated carbocycles. The highest BCUT2D eigenvalue weighted by Crippen LogP contribution is 2.16. The third-order valence-electron chi connectivity index (χ3n) is 2.45. The molecule has 0 amide bonds. The highest BCUT2D eigenvalue weighted by molar-refractivity contribution is 5.89. The first-order valence-corrected chi connectivity index (χ1v) is 6.74. The molecule has 0 fully saturated rings. The van der Waals surface area contributed by atoms with Crippen molar-refractivity contribution >= 4 is 5.97 Å². The summed E-state index contributed by atoms with van der Waals surface area (Å²) in [6.45, 7) is 10.6. The number of esters is 1. The fourth-order valence-electron chi connectivity index (χ4n) is 1.44. The molecule has 1 rings (SSSR count). The minimum absolute atomic E-state index is 0.304. The lowest BCUT2D eigenvalue weighted by Crippen LogP contribution is -2.23. The maximum absolute atomic E-state index is 11.8. The number of benzene rings is 1. The molecule has 19 heavy (non-hydrogen) atoms. The van der Waals surface area contributed by atoms with Gasteiger partial charge in [-0.05, 0) is 57.4 Å². The van der Waals surface area contributed by atoms with Gasteiger partial charge in [0.15, 0.2) is 0 Å². The van der Waals surface area contributed by atoms with E-state index in [-0.39, 0.29) is 5.97 Å². The van der Waals surface area contributed by atoms with Gasteiger partial charge in [-0.1, -0.05) is 13.8 Å². The van der Waals surface area contributed by atoms with Crippen molar-refractivity contribution in [3.05, 3.63) is 29.8 Å². The number of hydrogen-bond donors (Lipinski definition) is 0. The lowest BCUT2D eigenvalue weighted by atomic mass is 10.1. The van der Waals surface area contributed by atoms with Crippen LogP contribution in [0.2, 0.25) is 0 Å². The van der Waals surface area contributed by atoms with Crippen LogP contribution in [0.4, 0.5) is 0 Å². The van der Waals surface area contributed by atoms with Gasteiger partial charge >= 0.3 is 5.97 Å². The number of carbonyl (C=O) groups excluding carboxylic acids is 1. The largest absolute Gasteiger partial charge is 0.494 e. The average Bonchev–Trinajstić information content (AvgIpc) is 2.27. The Bertz CT molecular complexity index is 399. The summed E-state index contributed by atoms with van der Waals surface area (Å²) in [6, 6.07) is 7.08. The molecule has 0 heterocycles. The Kier molecular flexibility index (Phi) is 5.40. The molecule has 0 radical (unpaired) electrons. The second-order valence-electron chi connectivity index (χ2n) is 6.06. The smallest absolute Gasteiger partial charge is 0.338 e. The molecular weight excluding hydrogens is 240 g/mol. The van der Waals surface area contributed by atoms with E-state index in [0.717, 1.165) is 12.2 Å². The van der Waals surface area contributed by atoms with Crippen molar-refractivity contribution in [2.24, 2.45) is 5.92 Å². The van der Waals surface area contributed by atoms with Crippen LogP contribution in [0.1, 0.15) is 51.4 Å². The predicted molar refractivity (Wildman–Crippen MR) is 76.6 cm³/mol. The fourth-order valence-corrected chi connectivity index (χ4v) is 1.44. The molecule has 0 aromatic heterocycles. The van der Waals surface area contributed by atoms with Crippen LogP contribution in [0.15, 0.2) is 24.3 Å². The summed E-state index contributed by atoms with van der Waals surface area (Å²) in [4.78, 5) is 11.8. The second kappa shape index (κ2) is 6.60. The number of rotatable bonds is 5. The van der Waals surface area contributed by atoms with Crippen LogP contribution >= 0.6 is 0 Å². The monoisotopic (exact) mass is 264 g/mol. The summed E-state index contributed by atoms with van der Waals surface area (Å²) in [5.74, 6) is 1.11. The summed E-state index contributed by atoms with van der Waals surface area (Å²) in [6.07, 6.45) is 1.02. The first-order valence-electron chi connectivity index (χ1n) is 6.74. The van der Waals surface area contributed by atoms with Gasteiger partial charge in [-0.15, -0.1) is 0 Å². The Balaban J connectivity index is 2.54. The Morgan fingerprint density at radius 2 is 1.74 bits per heavy atom.